The summed E-state index contributed by atoms with van der Waals surface area (Å²) < 4.78 is 0. The topological polar surface area (TPSA) is 6.48 Å². The molecular weight excluding hydrogens is 833 g/mol. The van der Waals surface area contributed by atoms with Crippen molar-refractivity contribution in [2.24, 2.45) is 0 Å². The van der Waals surface area contributed by atoms with E-state index < -0.39 is 0 Å². The minimum Gasteiger partial charge on any atom is -0.310 e. The van der Waals surface area contributed by atoms with E-state index in [1.165, 1.54) is 55.6 Å². The number of rotatable bonds is 12. The van der Waals surface area contributed by atoms with Gasteiger partial charge in [-0.05, 0) is 163 Å². The first-order chi connectivity index (χ1) is 33.8. The normalized spacial score (nSPS) is 12.1. The van der Waals surface area contributed by atoms with Gasteiger partial charge in [0.25, 0.3) is 0 Å². The van der Waals surface area contributed by atoms with Gasteiger partial charge in [-0.25, -0.2) is 0 Å². The molecule has 10 aromatic rings. The second kappa shape index (κ2) is 18.2. The molecule has 0 N–H and O–H groups in total. The van der Waals surface area contributed by atoms with Crippen LogP contribution in [-0.4, -0.2) is 0 Å². The molecule has 0 radical (unpaired) electrons. The molecule has 2 nitrogen and oxygen atoms in total. The van der Waals surface area contributed by atoms with E-state index in [2.05, 4.69) is 279 Å². The summed E-state index contributed by atoms with van der Waals surface area (Å²) in [7, 11) is 0. The van der Waals surface area contributed by atoms with Gasteiger partial charge in [0.15, 0.2) is 0 Å². The molecule has 11 rings (SSSR count). The average molecular weight is 885 g/mol. The summed E-state index contributed by atoms with van der Waals surface area (Å²) in [5, 5.41) is 0. The predicted molar refractivity (Wildman–Crippen MR) is 295 cm³/mol. The van der Waals surface area contributed by atoms with E-state index in [1.807, 2.05) is 12.2 Å². The molecule has 0 aromatic heterocycles. The maximum atomic E-state index is 4.12. The summed E-state index contributed by atoms with van der Waals surface area (Å²) in [6, 6.07) is 88.0. The van der Waals surface area contributed by atoms with Gasteiger partial charge in [-0.15, -0.1) is 0 Å². The largest absolute Gasteiger partial charge is 0.310 e. The van der Waals surface area contributed by atoms with Gasteiger partial charge in [0.05, 0.1) is 0 Å². The van der Waals surface area contributed by atoms with E-state index in [1.54, 1.807) is 0 Å². The van der Waals surface area contributed by atoms with E-state index >= 15 is 0 Å². The Morgan fingerprint density at radius 2 is 0.594 bits per heavy atom. The lowest BCUT2D eigenvalue weighted by Crippen LogP contribution is -2.17. The van der Waals surface area contributed by atoms with Gasteiger partial charge in [-0.2, -0.15) is 0 Å². The number of anilines is 6. The zero-order valence-corrected chi connectivity index (χ0v) is 39.1. The lowest BCUT2D eigenvalue weighted by molar-refractivity contribution is 0.660. The maximum absolute atomic E-state index is 4.12. The highest BCUT2D eigenvalue weighted by atomic mass is 15.1. The van der Waals surface area contributed by atoms with Crippen LogP contribution in [0.4, 0.5) is 34.1 Å². The van der Waals surface area contributed by atoms with E-state index in [9.17, 15) is 0 Å². The fourth-order valence-corrected chi connectivity index (χ4v) is 10.1. The second-order valence-corrected chi connectivity index (χ2v) is 18.3. The summed E-state index contributed by atoms with van der Waals surface area (Å²) >= 11 is 0. The Labute approximate surface area is 407 Å². The molecule has 0 spiro atoms. The van der Waals surface area contributed by atoms with Crippen LogP contribution in [0.15, 0.2) is 256 Å². The lowest BCUT2D eigenvalue weighted by atomic mass is 9.82. The highest BCUT2D eigenvalue weighted by molar-refractivity contribution is 5.90. The van der Waals surface area contributed by atoms with Gasteiger partial charge < -0.3 is 9.80 Å². The Hall–Kier alpha value is -8.72. The van der Waals surface area contributed by atoms with Crippen molar-refractivity contribution in [1.82, 2.24) is 0 Å². The molecule has 69 heavy (non-hydrogen) atoms. The Balaban J connectivity index is 0.988. The molecule has 0 saturated heterocycles. The Morgan fingerprint density at radius 1 is 0.290 bits per heavy atom. The van der Waals surface area contributed by atoms with Crippen LogP contribution in [0.1, 0.15) is 36.1 Å². The number of benzene rings is 10. The SMILES string of the molecule is C=Cc1cccc(N(c2cccc(-c3cccc(-c4ccccc4)c3)c2)c2ccc3c(c2)C(C)(C)c2cc(N(c4cccc(C=C)c4)c4cccc(-c5cccc(-c6ccccc6)c5)c4)ccc2-3)c1. The quantitative estimate of drug-likeness (QED) is 0.121. The first-order valence-electron chi connectivity index (χ1n) is 23.7. The Bertz CT molecular complexity index is 3290. The molecule has 10 aromatic carbocycles. The maximum Gasteiger partial charge on any atom is 0.0467 e. The second-order valence-electron chi connectivity index (χ2n) is 18.3. The molecule has 0 saturated carbocycles. The van der Waals surface area contributed by atoms with Crippen molar-refractivity contribution in [1.29, 1.82) is 0 Å². The summed E-state index contributed by atoms with van der Waals surface area (Å²) in [6.07, 6.45) is 3.84. The fourth-order valence-electron chi connectivity index (χ4n) is 10.1. The molecule has 0 heterocycles. The number of hydrogen-bond donors (Lipinski definition) is 0. The number of hydrogen-bond acceptors (Lipinski definition) is 2. The van der Waals surface area contributed by atoms with E-state index in [4.69, 9.17) is 0 Å². The van der Waals surface area contributed by atoms with Crippen molar-refractivity contribution < 1.29 is 0 Å². The average Bonchev–Trinajstić information content (AvgIpc) is 3.64. The summed E-state index contributed by atoms with van der Waals surface area (Å²) in [4.78, 5) is 4.78. The van der Waals surface area contributed by atoms with Crippen LogP contribution in [-0.2, 0) is 5.41 Å². The monoisotopic (exact) mass is 884 g/mol. The fraction of sp³-hybridized carbons (Fsp3) is 0.0448. The Kier molecular flexibility index (Phi) is 11.3. The molecule has 0 unspecified atom stereocenters. The van der Waals surface area contributed by atoms with Crippen LogP contribution in [0, 0.1) is 0 Å². The van der Waals surface area contributed by atoms with Crippen molar-refractivity contribution >= 4 is 46.3 Å². The number of fused-ring (bicyclic) bond motifs is 3. The summed E-state index contributed by atoms with van der Waals surface area (Å²) in [6.45, 7) is 13.0. The smallest absolute Gasteiger partial charge is 0.0467 e. The minimum absolute atomic E-state index is 0.306. The first kappa shape index (κ1) is 42.9. The van der Waals surface area contributed by atoms with Gasteiger partial charge in [0, 0.05) is 39.5 Å². The molecule has 0 amide bonds. The van der Waals surface area contributed by atoms with Gasteiger partial charge in [-0.1, -0.05) is 197 Å². The molecular formula is C67H52N2. The summed E-state index contributed by atoms with van der Waals surface area (Å²) in [5.74, 6) is 0. The highest BCUT2D eigenvalue weighted by Gasteiger charge is 2.37. The molecule has 0 atom stereocenters. The standard InChI is InChI=1S/C67H52N2/c1-5-47-19-13-31-57(39-47)68(59-33-17-29-55(43-59)53-27-15-25-51(41-53)49-21-9-7-10-22-49)61-35-37-63-64-38-36-62(46-66(64)67(3,4)65(63)45-61)69(58-32-14-20-48(6-2)40-58)60-34-18-30-56(44-60)54-28-16-26-52(42-54)50-23-11-8-12-24-50/h5-46H,1-2H2,3-4H3. The van der Waals surface area contributed by atoms with Crippen LogP contribution in [0.3, 0.4) is 0 Å². The third-order valence-electron chi connectivity index (χ3n) is 13.7. The van der Waals surface area contributed by atoms with E-state index in [0.717, 1.165) is 56.4 Å². The van der Waals surface area contributed by atoms with Crippen molar-refractivity contribution in [3.8, 4) is 55.6 Å². The van der Waals surface area contributed by atoms with Crippen molar-refractivity contribution in [3.05, 3.63) is 278 Å². The molecule has 1 aliphatic carbocycles. The lowest BCUT2D eigenvalue weighted by Gasteiger charge is -2.29. The van der Waals surface area contributed by atoms with Crippen LogP contribution >= 0.6 is 0 Å². The highest BCUT2D eigenvalue weighted by Crippen LogP contribution is 2.53. The molecule has 2 heteroatoms. The molecule has 0 aliphatic heterocycles. The minimum atomic E-state index is -0.306. The van der Waals surface area contributed by atoms with Crippen molar-refractivity contribution in [2.45, 2.75) is 19.3 Å². The van der Waals surface area contributed by atoms with E-state index in [-0.39, 0.29) is 5.41 Å². The van der Waals surface area contributed by atoms with Crippen LogP contribution in [0.2, 0.25) is 0 Å². The Morgan fingerprint density at radius 3 is 0.986 bits per heavy atom. The number of nitrogens with zero attached hydrogens (tertiary/aromatic N) is 2. The third kappa shape index (κ3) is 8.28. The molecule has 330 valence electrons. The van der Waals surface area contributed by atoms with Gasteiger partial charge >= 0.3 is 0 Å². The van der Waals surface area contributed by atoms with Crippen molar-refractivity contribution in [2.75, 3.05) is 9.80 Å². The van der Waals surface area contributed by atoms with Gasteiger partial charge in [0.1, 0.15) is 0 Å². The molecule has 0 bridgehead atoms. The third-order valence-corrected chi connectivity index (χ3v) is 13.7. The van der Waals surface area contributed by atoms with Crippen LogP contribution < -0.4 is 9.80 Å². The van der Waals surface area contributed by atoms with Gasteiger partial charge in [0.2, 0.25) is 0 Å². The first-order valence-corrected chi connectivity index (χ1v) is 23.7. The summed E-state index contributed by atoms with van der Waals surface area (Å²) in [5.41, 5.74) is 22.9. The van der Waals surface area contributed by atoms with Crippen molar-refractivity contribution in [3.63, 3.8) is 0 Å². The molecule has 0 fully saturated rings. The van der Waals surface area contributed by atoms with Crippen LogP contribution in [0.5, 0.6) is 0 Å². The zero-order valence-electron chi connectivity index (χ0n) is 39.1. The van der Waals surface area contributed by atoms with Crippen LogP contribution in [0.25, 0.3) is 67.8 Å². The predicted octanol–water partition coefficient (Wildman–Crippen LogP) is 18.9. The molecule has 1 aliphatic rings. The van der Waals surface area contributed by atoms with Gasteiger partial charge in [-0.3, -0.25) is 0 Å². The zero-order chi connectivity index (χ0) is 46.9. The van der Waals surface area contributed by atoms with E-state index in [0.29, 0.717) is 0 Å².